The van der Waals surface area contributed by atoms with E-state index in [0.29, 0.717) is 0 Å². The fraction of sp³-hybridized carbons (Fsp3) is 0.941. The molecule has 2 fully saturated rings. The molecule has 0 amide bonds. The van der Waals surface area contributed by atoms with Gasteiger partial charge in [0.05, 0.1) is 25.7 Å². The number of thiol groups is 1. The van der Waals surface area contributed by atoms with Crippen molar-refractivity contribution in [2.45, 2.75) is 74.6 Å². The molecule has 2 heterocycles. The zero-order valence-electron chi connectivity index (χ0n) is 16.2. The smallest absolute Gasteiger partial charge is 0.307 e. The van der Waals surface area contributed by atoms with E-state index in [1.165, 1.54) is 7.11 Å². The second-order valence-electron chi connectivity index (χ2n) is 7.09. The Hall–Kier alpha value is -0.540. The van der Waals surface area contributed by atoms with Crippen LogP contribution in [0.1, 0.15) is 13.3 Å². The number of carbonyl (C=O) groups is 1. The molecule has 0 spiro atoms. The second-order valence-corrected chi connectivity index (χ2v) is 7.54. The first-order chi connectivity index (χ1) is 13.7. The van der Waals surface area contributed by atoms with E-state index in [-0.39, 0.29) is 25.4 Å². The average molecular weight is 442 g/mol. The van der Waals surface area contributed by atoms with Gasteiger partial charge in [0.2, 0.25) is 0 Å². The quantitative estimate of drug-likeness (QED) is 0.170. The summed E-state index contributed by atoms with van der Waals surface area (Å²) in [4.78, 5) is 11.7. The fourth-order valence-electron chi connectivity index (χ4n) is 3.28. The lowest BCUT2D eigenvalue weighted by Crippen LogP contribution is -2.61. The van der Waals surface area contributed by atoms with Gasteiger partial charge in [-0.1, -0.05) is 0 Å². The van der Waals surface area contributed by atoms with Gasteiger partial charge in [-0.05, 0) is 6.92 Å². The van der Waals surface area contributed by atoms with Crippen molar-refractivity contribution in [2.24, 2.45) is 0 Å². The number of aliphatic hydroxyl groups excluding tert-OH is 5. The van der Waals surface area contributed by atoms with E-state index in [4.69, 9.17) is 23.7 Å². The van der Waals surface area contributed by atoms with Gasteiger partial charge < -0.3 is 49.2 Å². The molecule has 10 atom stereocenters. The molecule has 2 rings (SSSR count). The monoisotopic (exact) mass is 442 g/mol. The highest BCUT2D eigenvalue weighted by Crippen LogP contribution is 2.27. The van der Waals surface area contributed by atoms with Crippen LogP contribution >= 0.6 is 12.6 Å². The van der Waals surface area contributed by atoms with E-state index in [1.807, 2.05) is 0 Å². The first-order valence-electron chi connectivity index (χ1n) is 9.33. The first-order valence-corrected chi connectivity index (χ1v) is 9.96. The Labute approximate surface area is 173 Å². The van der Waals surface area contributed by atoms with Gasteiger partial charge in [-0.3, -0.25) is 4.79 Å². The van der Waals surface area contributed by atoms with Crippen LogP contribution in [0.15, 0.2) is 0 Å². The highest BCUT2D eigenvalue weighted by atomic mass is 32.1. The van der Waals surface area contributed by atoms with Crippen LogP contribution in [0, 0.1) is 0 Å². The predicted molar refractivity (Wildman–Crippen MR) is 99.2 cm³/mol. The molecule has 0 aliphatic carbocycles. The highest BCUT2D eigenvalue weighted by molar-refractivity contribution is 7.80. The molecule has 5 N–H and O–H groups in total. The lowest BCUT2D eigenvalue weighted by Gasteiger charge is -2.43. The van der Waals surface area contributed by atoms with Crippen molar-refractivity contribution < 1.29 is 54.0 Å². The maximum Gasteiger partial charge on any atom is 0.307 e. The molecule has 0 aromatic heterocycles. The van der Waals surface area contributed by atoms with Gasteiger partial charge in [0, 0.05) is 12.9 Å². The Morgan fingerprint density at radius 1 is 0.931 bits per heavy atom. The molecule has 0 radical (unpaired) electrons. The van der Waals surface area contributed by atoms with E-state index in [1.54, 1.807) is 6.92 Å². The number of carbonyl (C=O) groups excluding carboxylic acids is 1. The standard InChI is InChI=1S/C17H30O11S/c1-7-16(28-10(18)3-4-29)14(22)12(20)9(26-7)6-25-17-15(23)13(21)11(19)8(27-17)5-24-2/h7-9,11-17,19-23,29H,3-6H2,1-2H3. The van der Waals surface area contributed by atoms with Crippen LogP contribution in [0.4, 0.5) is 0 Å². The third-order valence-electron chi connectivity index (χ3n) is 4.93. The molecule has 0 aromatic rings. The molecule has 12 heteroatoms. The van der Waals surface area contributed by atoms with Crippen molar-refractivity contribution in [3.63, 3.8) is 0 Å². The van der Waals surface area contributed by atoms with Crippen molar-refractivity contribution in [3.05, 3.63) is 0 Å². The van der Waals surface area contributed by atoms with Gasteiger partial charge in [-0.2, -0.15) is 12.6 Å². The molecule has 0 saturated carbocycles. The summed E-state index contributed by atoms with van der Waals surface area (Å²) in [5, 5.41) is 50.6. The van der Waals surface area contributed by atoms with Crippen molar-refractivity contribution >= 4 is 18.6 Å². The zero-order chi connectivity index (χ0) is 21.7. The summed E-state index contributed by atoms with van der Waals surface area (Å²) in [6, 6.07) is 0. The normalized spacial score (nSPS) is 43.2. The van der Waals surface area contributed by atoms with Crippen molar-refractivity contribution in [3.8, 4) is 0 Å². The number of rotatable bonds is 8. The Morgan fingerprint density at radius 2 is 1.55 bits per heavy atom. The van der Waals surface area contributed by atoms with Crippen molar-refractivity contribution in [1.29, 1.82) is 0 Å². The summed E-state index contributed by atoms with van der Waals surface area (Å²) in [7, 11) is 1.39. The maximum atomic E-state index is 11.7. The van der Waals surface area contributed by atoms with E-state index < -0.39 is 67.2 Å². The molecule has 0 bridgehead atoms. The van der Waals surface area contributed by atoms with Crippen LogP contribution in [0.25, 0.3) is 0 Å². The van der Waals surface area contributed by atoms with Crippen LogP contribution in [0.3, 0.4) is 0 Å². The number of esters is 1. The van der Waals surface area contributed by atoms with E-state index in [9.17, 15) is 30.3 Å². The van der Waals surface area contributed by atoms with Gasteiger partial charge in [-0.25, -0.2) is 0 Å². The summed E-state index contributed by atoms with van der Waals surface area (Å²) in [6.07, 6.45) is -12.3. The topological polar surface area (TPSA) is 164 Å². The Bertz CT molecular complexity index is 524. The minimum atomic E-state index is -1.55. The number of methoxy groups -OCH3 is 1. The number of hydrogen-bond acceptors (Lipinski definition) is 12. The minimum Gasteiger partial charge on any atom is -0.457 e. The molecule has 11 nitrogen and oxygen atoms in total. The molecular weight excluding hydrogens is 412 g/mol. The van der Waals surface area contributed by atoms with E-state index in [0.717, 1.165) is 0 Å². The second kappa shape index (κ2) is 11.2. The maximum absolute atomic E-state index is 11.7. The van der Waals surface area contributed by atoms with Crippen molar-refractivity contribution in [2.75, 3.05) is 26.1 Å². The fourth-order valence-corrected chi connectivity index (χ4v) is 3.46. The van der Waals surface area contributed by atoms with Crippen LogP contribution in [-0.2, 0) is 28.5 Å². The SMILES string of the molecule is COCC1OC(OCC2OC(C)C(OC(=O)CCS)C(O)C2O)C(O)C(O)C1O. The molecule has 170 valence electrons. The summed E-state index contributed by atoms with van der Waals surface area (Å²) in [5.41, 5.74) is 0. The third kappa shape index (κ3) is 6.00. The summed E-state index contributed by atoms with van der Waals surface area (Å²) >= 11 is 3.94. The van der Waals surface area contributed by atoms with Crippen LogP contribution in [0.5, 0.6) is 0 Å². The van der Waals surface area contributed by atoms with Crippen LogP contribution in [0.2, 0.25) is 0 Å². The Balaban J connectivity index is 1.94. The number of aliphatic hydroxyl groups is 5. The minimum absolute atomic E-state index is 0.0392. The predicted octanol–water partition coefficient (Wildman–Crippen LogP) is -2.80. The molecule has 2 aliphatic heterocycles. The van der Waals surface area contributed by atoms with Gasteiger partial charge >= 0.3 is 5.97 Å². The molecule has 10 unspecified atom stereocenters. The summed E-state index contributed by atoms with van der Waals surface area (Å²) < 4.78 is 26.5. The average Bonchev–Trinajstić information content (AvgIpc) is 2.68. The molecule has 29 heavy (non-hydrogen) atoms. The molecule has 0 aromatic carbocycles. The van der Waals surface area contributed by atoms with Crippen LogP contribution in [-0.4, -0.2) is 119 Å². The molecule has 2 aliphatic rings. The summed E-state index contributed by atoms with van der Waals surface area (Å²) in [6.45, 7) is 1.23. The summed E-state index contributed by atoms with van der Waals surface area (Å²) in [5.74, 6) is -0.290. The number of hydrogen-bond donors (Lipinski definition) is 6. The Morgan fingerprint density at radius 3 is 2.17 bits per heavy atom. The van der Waals surface area contributed by atoms with Crippen molar-refractivity contribution in [1.82, 2.24) is 0 Å². The van der Waals surface area contributed by atoms with Gasteiger partial charge in [0.15, 0.2) is 12.4 Å². The highest BCUT2D eigenvalue weighted by Gasteiger charge is 2.47. The van der Waals surface area contributed by atoms with Gasteiger partial charge in [0.1, 0.15) is 42.7 Å². The Kier molecular flexibility index (Phi) is 9.54. The number of ether oxygens (including phenoxy) is 5. The van der Waals surface area contributed by atoms with Crippen LogP contribution < -0.4 is 0 Å². The largest absolute Gasteiger partial charge is 0.457 e. The molecule has 2 saturated heterocycles. The van der Waals surface area contributed by atoms with Gasteiger partial charge in [0.25, 0.3) is 0 Å². The first kappa shape index (κ1) is 24.7. The van der Waals surface area contributed by atoms with E-state index >= 15 is 0 Å². The lowest BCUT2D eigenvalue weighted by atomic mass is 9.95. The third-order valence-corrected chi connectivity index (χ3v) is 5.15. The zero-order valence-corrected chi connectivity index (χ0v) is 17.1. The van der Waals surface area contributed by atoms with E-state index in [2.05, 4.69) is 12.6 Å². The molecular formula is C17H30O11S. The van der Waals surface area contributed by atoms with Gasteiger partial charge in [-0.15, -0.1) is 0 Å². The lowest BCUT2D eigenvalue weighted by molar-refractivity contribution is -0.314.